The van der Waals surface area contributed by atoms with Gasteiger partial charge in [0.15, 0.2) is 0 Å². The van der Waals surface area contributed by atoms with Crippen LogP contribution in [0.2, 0.25) is 0 Å². The van der Waals surface area contributed by atoms with Crippen LogP contribution in [0.5, 0.6) is 0 Å². The molecule has 4 rings (SSSR count). The molecule has 0 bridgehead atoms. The second-order valence-corrected chi connectivity index (χ2v) is 7.10. The minimum atomic E-state index is -0.320. The van der Waals surface area contributed by atoms with Gasteiger partial charge in [-0.1, -0.05) is 36.4 Å². The van der Waals surface area contributed by atoms with Gasteiger partial charge in [0.1, 0.15) is 11.2 Å². The van der Waals surface area contributed by atoms with Crippen molar-refractivity contribution >= 4 is 11.6 Å². The number of carbonyl (C=O) groups is 1. The van der Waals surface area contributed by atoms with Crippen molar-refractivity contribution in [2.45, 2.75) is 13.0 Å². The fraction of sp³-hybridized carbons (Fsp3) is 0.286. The molecule has 6 heteroatoms. The number of nitrogens with zero attached hydrogens (tertiary/aromatic N) is 4. The zero-order valence-corrected chi connectivity index (χ0v) is 15.5. The average Bonchev–Trinajstić information content (AvgIpc) is 2.69. The van der Waals surface area contributed by atoms with Gasteiger partial charge in [-0.25, -0.2) is 4.98 Å². The Balaban J connectivity index is 1.75. The van der Waals surface area contributed by atoms with Crippen LogP contribution in [0.25, 0.3) is 5.65 Å². The van der Waals surface area contributed by atoms with Crippen molar-refractivity contribution in [3.8, 4) is 0 Å². The van der Waals surface area contributed by atoms with Crippen molar-refractivity contribution in [3.63, 3.8) is 0 Å². The number of hydrogen-bond donors (Lipinski definition) is 0. The summed E-state index contributed by atoms with van der Waals surface area (Å²) in [4.78, 5) is 34.6. The lowest BCUT2D eigenvalue weighted by molar-refractivity contribution is 0.0495. The first-order valence-corrected chi connectivity index (χ1v) is 9.07. The second kappa shape index (κ2) is 6.96. The summed E-state index contributed by atoms with van der Waals surface area (Å²) in [5.41, 5.74) is 2.35. The average molecular weight is 362 g/mol. The third-order valence-corrected chi connectivity index (χ3v) is 5.11. The molecule has 2 aromatic heterocycles. The van der Waals surface area contributed by atoms with Crippen molar-refractivity contribution in [1.29, 1.82) is 0 Å². The quantitative estimate of drug-likeness (QED) is 0.701. The summed E-state index contributed by atoms with van der Waals surface area (Å²) >= 11 is 0. The normalized spacial score (nSPS) is 18.0. The molecule has 1 saturated heterocycles. The Morgan fingerprint density at radius 1 is 1.11 bits per heavy atom. The van der Waals surface area contributed by atoms with E-state index in [2.05, 4.69) is 9.88 Å². The molecule has 0 radical (unpaired) electrons. The van der Waals surface area contributed by atoms with Crippen LogP contribution in [-0.2, 0) is 0 Å². The second-order valence-electron chi connectivity index (χ2n) is 7.10. The Bertz CT molecular complexity index is 1040. The molecule has 1 atom stereocenters. The van der Waals surface area contributed by atoms with Gasteiger partial charge in [-0.2, -0.15) is 0 Å². The third kappa shape index (κ3) is 3.24. The number of rotatable bonds is 2. The molecule has 6 nitrogen and oxygen atoms in total. The Hall–Kier alpha value is -2.99. The van der Waals surface area contributed by atoms with Gasteiger partial charge in [0.25, 0.3) is 11.5 Å². The zero-order valence-electron chi connectivity index (χ0n) is 15.5. The van der Waals surface area contributed by atoms with E-state index in [9.17, 15) is 9.59 Å². The van der Waals surface area contributed by atoms with Crippen molar-refractivity contribution in [3.05, 3.63) is 81.9 Å². The molecule has 1 aromatic carbocycles. The number of pyridine rings is 1. The van der Waals surface area contributed by atoms with E-state index in [0.29, 0.717) is 12.2 Å². The van der Waals surface area contributed by atoms with E-state index in [1.54, 1.807) is 17.2 Å². The van der Waals surface area contributed by atoms with Crippen molar-refractivity contribution in [1.82, 2.24) is 19.2 Å². The number of amides is 1. The van der Waals surface area contributed by atoms with E-state index in [1.807, 2.05) is 50.4 Å². The fourth-order valence-electron chi connectivity index (χ4n) is 3.61. The minimum Gasteiger partial charge on any atom is -0.329 e. The van der Waals surface area contributed by atoms with E-state index < -0.39 is 0 Å². The molecule has 0 aliphatic carbocycles. The van der Waals surface area contributed by atoms with Gasteiger partial charge < -0.3 is 9.80 Å². The van der Waals surface area contributed by atoms with Crippen molar-refractivity contribution in [2.24, 2.45) is 0 Å². The maximum Gasteiger partial charge on any atom is 0.270 e. The van der Waals surface area contributed by atoms with Crippen LogP contribution in [-0.4, -0.2) is 51.8 Å². The van der Waals surface area contributed by atoms with E-state index in [-0.39, 0.29) is 23.1 Å². The van der Waals surface area contributed by atoms with Crippen LogP contribution < -0.4 is 5.56 Å². The molecule has 0 spiro atoms. The van der Waals surface area contributed by atoms with E-state index in [0.717, 1.165) is 24.2 Å². The number of aryl methyl sites for hydroxylation is 1. The van der Waals surface area contributed by atoms with E-state index in [4.69, 9.17) is 0 Å². The first-order valence-electron chi connectivity index (χ1n) is 9.07. The Kier molecular flexibility index (Phi) is 4.49. The first kappa shape index (κ1) is 17.4. The summed E-state index contributed by atoms with van der Waals surface area (Å²) in [6.07, 6.45) is 3.13. The predicted molar refractivity (Wildman–Crippen MR) is 104 cm³/mol. The number of fused-ring (bicyclic) bond motifs is 1. The number of aromatic nitrogens is 2. The number of likely N-dealkylation sites (N-methyl/N-ethyl adjacent to an activating group) is 1. The Labute approximate surface area is 157 Å². The molecule has 0 saturated carbocycles. The Morgan fingerprint density at radius 3 is 2.67 bits per heavy atom. The number of carbonyl (C=O) groups excluding carboxylic acids is 1. The molecule has 0 N–H and O–H groups in total. The lowest BCUT2D eigenvalue weighted by Gasteiger charge is -2.40. The summed E-state index contributed by atoms with van der Waals surface area (Å²) < 4.78 is 1.45. The SMILES string of the molecule is Cc1ccc2ncc(C(=O)N3CCN(C)CC3c3ccccc3)c(=O)n2c1. The summed E-state index contributed by atoms with van der Waals surface area (Å²) in [5, 5.41) is 0. The number of piperazine rings is 1. The summed E-state index contributed by atoms with van der Waals surface area (Å²) in [5.74, 6) is -0.259. The summed E-state index contributed by atoms with van der Waals surface area (Å²) in [6, 6.07) is 13.6. The van der Waals surface area contributed by atoms with E-state index in [1.165, 1.54) is 10.6 Å². The maximum atomic E-state index is 13.3. The monoisotopic (exact) mass is 362 g/mol. The van der Waals surface area contributed by atoms with Gasteiger partial charge >= 0.3 is 0 Å². The fourth-order valence-corrected chi connectivity index (χ4v) is 3.61. The van der Waals surface area contributed by atoms with E-state index >= 15 is 0 Å². The largest absolute Gasteiger partial charge is 0.329 e. The predicted octanol–water partition coefficient (Wildman–Crippen LogP) is 2.13. The topological polar surface area (TPSA) is 57.9 Å². The van der Waals surface area contributed by atoms with Crippen LogP contribution in [0.1, 0.15) is 27.5 Å². The van der Waals surface area contributed by atoms with Crippen LogP contribution >= 0.6 is 0 Å². The highest BCUT2D eigenvalue weighted by Gasteiger charge is 2.32. The van der Waals surface area contributed by atoms with Crippen molar-refractivity contribution in [2.75, 3.05) is 26.7 Å². The van der Waals surface area contributed by atoms with Gasteiger partial charge in [-0.05, 0) is 31.2 Å². The summed E-state index contributed by atoms with van der Waals surface area (Å²) in [6.45, 7) is 3.99. The lowest BCUT2D eigenvalue weighted by atomic mass is 10.0. The van der Waals surface area contributed by atoms with Gasteiger partial charge in [-0.15, -0.1) is 0 Å². The molecule has 1 fully saturated rings. The molecular weight excluding hydrogens is 340 g/mol. The first-order chi connectivity index (χ1) is 13.0. The Morgan fingerprint density at radius 2 is 1.89 bits per heavy atom. The standard InChI is InChI=1S/C21H22N4O2/c1-15-8-9-19-22-12-17(21(27)25(19)13-15)20(26)24-11-10-23(2)14-18(24)16-6-4-3-5-7-16/h3-9,12-13,18H,10-11,14H2,1-2H3. The molecule has 3 aromatic rings. The molecule has 1 aliphatic rings. The van der Waals surface area contributed by atoms with Gasteiger partial charge in [-0.3, -0.25) is 14.0 Å². The van der Waals surface area contributed by atoms with Gasteiger partial charge in [0, 0.05) is 32.0 Å². The molecule has 3 heterocycles. The smallest absolute Gasteiger partial charge is 0.270 e. The van der Waals surface area contributed by atoms with Gasteiger partial charge in [0.05, 0.1) is 6.04 Å². The van der Waals surface area contributed by atoms with Crippen LogP contribution in [0.4, 0.5) is 0 Å². The van der Waals surface area contributed by atoms with Crippen LogP contribution in [0.15, 0.2) is 59.7 Å². The molecule has 1 amide bonds. The summed E-state index contributed by atoms with van der Waals surface area (Å²) in [7, 11) is 2.05. The highest BCUT2D eigenvalue weighted by molar-refractivity contribution is 5.94. The lowest BCUT2D eigenvalue weighted by Crippen LogP contribution is -2.50. The van der Waals surface area contributed by atoms with Crippen molar-refractivity contribution < 1.29 is 4.79 Å². The van der Waals surface area contributed by atoms with Crippen LogP contribution in [0, 0.1) is 6.92 Å². The molecule has 27 heavy (non-hydrogen) atoms. The van der Waals surface area contributed by atoms with Gasteiger partial charge in [0.2, 0.25) is 0 Å². The molecule has 138 valence electrons. The molecular formula is C21H22N4O2. The maximum absolute atomic E-state index is 13.3. The van der Waals surface area contributed by atoms with Crippen LogP contribution in [0.3, 0.4) is 0 Å². The number of hydrogen-bond acceptors (Lipinski definition) is 4. The highest BCUT2D eigenvalue weighted by atomic mass is 16.2. The number of benzene rings is 1. The minimum absolute atomic E-state index is 0.0879. The molecule has 1 aliphatic heterocycles. The molecule has 1 unspecified atom stereocenters. The third-order valence-electron chi connectivity index (χ3n) is 5.11. The zero-order chi connectivity index (χ0) is 19.0. The highest BCUT2D eigenvalue weighted by Crippen LogP contribution is 2.26.